The second-order valence-electron chi connectivity index (χ2n) is 6.22. The molecule has 0 bridgehead atoms. The van der Waals surface area contributed by atoms with Gasteiger partial charge in [-0.1, -0.05) is 20.8 Å². The molecule has 0 atom stereocenters. The summed E-state index contributed by atoms with van der Waals surface area (Å²) in [6.07, 6.45) is 4.73. The van der Waals surface area contributed by atoms with Crippen LogP contribution in [0.1, 0.15) is 44.9 Å². The molecule has 19 heavy (non-hydrogen) atoms. The summed E-state index contributed by atoms with van der Waals surface area (Å²) in [5.74, 6) is 2.74. The first-order chi connectivity index (χ1) is 9.17. The molecule has 1 fully saturated rings. The van der Waals surface area contributed by atoms with E-state index in [9.17, 15) is 0 Å². The molecule has 1 aromatic heterocycles. The Morgan fingerprint density at radius 1 is 1.42 bits per heavy atom. The number of nitrogens with zero attached hydrogens (tertiary/aromatic N) is 1. The molecule has 1 heterocycles. The first kappa shape index (κ1) is 14.6. The van der Waals surface area contributed by atoms with Gasteiger partial charge in [-0.15, -0.1) is 0 Å². The van der Waals surface area contributed by atoms with Crippen molar-refractivity contribution >= 4 is 0 Å². The van der Waals surface area contributed by atoms with Gasteiger partial charge in [-0.05, 0) is 43.8 Å². The van der Waals surface area contributed by atoms with Crippen molar-refractivity contribution < 1.29 is 4.42 Å². The SMILES string of the molecule is CCN(Cc1cc(CNCC(C)C)co1)CC1CC1. The zero-order valence-electron chi connectivity index (χ0n) is 12.6. The Hall–Kier alpha value is -0.800. The van der Waals surface area contributed by atoms with Gasteiger partial charge in [-0.25, -0.2) is 0 Å². The highest BCUT2D eigenvalue weighted by Crippen LogP contribution is 2.30. The van der Waals surface area contributed by atoms with E-state index in [1.807, 2.05) is 6.26 Å². The van der Waals surface area contributed by atoms with Crippen molar-refractivity contribution in [2.24, 2.45) is 11.8 Å². The maximum absolute atomic E-state index is 5.67. The normalized spacial score (nSPS) is 15.6. The molecule has 3 heteroatoms. The molecule has 1 N–H and O–H groups in total. The molecule has 0 aliphatic heterocycles. The maximum atomic E-state index is 5.67. The van der Waals surface area contributed by atoms with Crippen molar-refractivity contribution in [3.63, 3.8) is 0 Å². The second kappa shape index (κ2) is 7.11. The second-order valence-corrected chi connectivity index (χ2v) is 6.22. The Labute approximate surface area is 117 Å². The third kappa shape index (κ3) is 5.37. The van der Waals surface area contributed by atoms with Gasteiger partial charge in [0.2, 0.25) is 0 Å². The lowest BCUT2D eigenvalue weighted by atomic mass is 10.2. The van der Waals surface area contributed by atoms with Gasteiger partial charge in [0.25, 0.3) is 0 Å². The lowest BCUT2D eigenvalue weighted by Crippen LogP contribution is -2.24. The molecule has 0 amide bonds. The van der Waals surface area contributed by atoms with Crippen molar-refractivity contribution in [1.82, 2.24) is 10.2 Å². The first-order valence-corrected chi connectivity index (χ1v) is 7.66. The average Bonchev–Trinajstić information content (AvgIpc) is 3.07. The molecular weight excluding hydrogens is 236 g/mol. The van der Waals surface area contributed by atoms with Gasteiger partial charge < -0.3 is 9.73 Å². The lowest BCUT2D eigenvalue weighted by molar-refractivity contribution is 0.246. The largest absolute Gasteiger partial charge is 0.468 e. The Kier molecular flexibility index (Phi) is 5.46. The van der Waals surface area contributed by atoms with Gasteiger partial charge >= 0.3 is 0 Å². The van der Waals surface area contributed by atoms with E-state index in [-0.39, 0.29) is 0 Å². The highest BCUT2D eigenvalue weighted by Gasteiger charge is 2.24. The number of hydrogen-bond acceptors (Lipinski definition) is 3. The summed E-state index contributed by atoms with van der Waals surface area (Å²) < 4.78 is 5.67. The van der Waals surface area contributed by atoms with Crippen LogP contribution in [0.5, 0.6) is 0 Å². The molecule has 0 unspecified atom stereocenters. The van der Waals surface area contributed by atoms with Crippen LogP contribution in [0.2, 0.25) is 0 Å². The number of furan rings is 1. The molecule has 2 rings (SSSR count). The minimum atomic E-state index is 0.695. The highest BCUT2D eigenvalue weighted by molar-refractivity contribution is 5.12. The molecule has 108 valence electrons. The van der Waals surface area contributed by atoms with E-state index in [0.717, 1.165) is 37.9 Å². The van der Waals surface area contributed by atoms with Crippen LogP contribution in [0, 0.1) is 11.8 Å². The fourth-order valence-electron chi connectivity index (χ4n) is 2.30. The molecule has 1 aliphatic rings. The third-order valence-corrected chi connectivity index (χ3v) is 3.63. The van der Waals surface area contributed by atoms with Crippen LogP contribution < -0.4 is 5.32 Å². The fraction of sp³-hybridized carbons (Fsp3) is 0.750. The van der Waals surface area contributed by atoms with E-state index in [1.54, 1.807) is 0 Å². The molecule has 0 radical (unpaired) electrons. The van der Waals surface area contributed by atoms with Crippen LogP contribution in [0.4, 0.5) is 0 Å². The molecule has 0 spiro atoms. The van der Waals surface area contributed by atoms with Crippen LogP contribution in [-0.2, 0) is 13.1 Å². The van der Waals surface area contributed by atoms with Gasteiger partial charge in [-0.2, -0.15) is 0 Å². The smallest absolute Gasteiger partial charge is 0.118 e. The van der Waals surface area contributed by atoms with Gasteiger partial charge in [0.05, 0.1) is 12.8 Å². The number of hydrogen-bond donors (Lipinski definition) is 1. The Bertz CT molecular complexity index is 369. The number of rotatable bonds is 9. The average molecular weight is 264 g/mol. The summed E-state index contributed by atoms with van der Waals surface area (Å²) in [6, 6.07) is 2.20. The first-order valence-electron chi connectivity index (χ1n) is 7.66. The monoisotopic (exact) mass is 264 g/mol. The minimum Gasteiger partial charge on any atom is -0.468 e. The topological polar surface area (TPSA) is 28.4 Å². The molecule has 1 aromatic rings. The lowest BCUT2D eigenvalue weighted by Gasteiger charge is -2.18. The zero-order valence-corrected chi connectivity index (χ0v) is 12.6. The van der Waals surface area contributed by atoms with E-state index < -0.39 is 0 Å². The van der Waals surface area contributed by atoms with Crippen molar-refractivity contribution in [2.75, 3.05) is 19.6 Å². The Morgan fingerprint density at radius 2 is 2.21 bits per heavy atom. The minimum absolute atomic E-state index is 0.695. The molecule has 0 saturated heterocycles. The van der Waals surface area contributed by atoms with Gasteiger partial charge in [0, 0.05) is 18.7 Å². The summed E-state index contributed by atoms with van der Waals surface area (Å²) in [5, 5.41) is 3.45. The summed E-state index contributed by atoms with van der Waals surface area (Å²) >= 11 is 0. The van der Waals surface area contributed by atoms with Gasteiger partial charge in [0.1, 0.15) is 5.76 Å². The number of nitrogens with one attached hydrogen (secondary N) is 1. The molecular formula is C16H28N2O. The summed E-state index contributed by atoms with van der Waals surface area (Å²) in [7, 11) is 0. The van der Waals surface area contributed by atoms with Crippen LogP contribution >= 0.6 is 0 Å². The fourth-order valence-corrected chi connectivity index (χ4v) is 2.30. The predicted octanol–water partition coefficient (Wildman–Crippen LogP) is 3.26. The van der Waals surface area contributed by atoms with Crippen LogP contribution in [0.15, 0.2) is 16.7 Å². The van der Waals surface area contributed by atoms with Gasteiger partial charge in [-0.3, -0.25) is 4.90 Å². The van der Waals surface area contributed by atoms with E-state index >= 15 is 0 Å². The van der Waals surface area contributed by atoms with Crippen LogP contribution in [0.25, 0.3) is 0 Å². The van der Waals surface area contributed by atoms with E-state index in [2.05, 4.69) is 37.1 Å². The predicted molar refractivity (Wildman–Crippen MR) is 78.9 cm³/mol. The highest BCUT2D eigenvalue weighted by atomic mass is 16.3. The molecule has 3 nitrogen and oxygen atoms in total. The summed E-state index contributed by atoms with van der Waals surface area (Å²) in [4.78, 5) is 2.49. The Morgan fingerprint density at radius 3 is 2.84 bits per heavy atom. The van der Waals surface area contributed by atoms with Crippen molar-refractivity contribution in [3.8, 4) is 0 Å². The summed E-state index contributed by atoms with van der Waals surface area (Å²) in [6.45, 7) is 12.0. The van der Waals surface area contributed by atoms with E-state index in [4.69, 9.17) is 4.42 Å². The standard InChI is InChI=1S/C16H28N2O/c1-4-18(10-14-5-6-14)11-16-7-15(12-19-16)9-17-8-13(2)3/h7,12-14,17H,4-6,8-11H2,1-3H3. The van der Waals surface area contributed by atoms with Crippen molar-refractivity contribution in [3.05, 3.63) is 23.7 Å². The van der Waals surface area contributed by atoms with Crippen LogP contribution in [0.3, 0.4) is 0 Å². The Balaban J connectivity index is 1.75. The quantitative estimate of drug-likeness (QED) is 0.742. The van der Waals surface area contributed by atoms with Crippen molar-refractivity contribution in [1.29, 1.82) is 0 Å². The van der Waals surface area contributed by atoms with E-state index in [0.29, 0.717) is 5.92 Å². The maximum Gasteiger partial charge on any atom is 0.118 e. The molecule has 1 saturated carbocycles. The third-order valence-electron chi connectivity index (χ3n) is 3.63. The van der Waals surface area contributed by atoms with Crippen molar-refractivity contribution in [2.45, 2.75) is 46.7 Å². The zero-order chi connectivity index (χ0) is 13.7. The van der Waals surface area contributed by atoms with Crippen LogP contribution in [-0.4, -0.2) is 24.5 Å². The van der Waals surface area contributed by atoms with Gasteiger partial charge in [0.15, 0.2) is 0 Å². The molecule has 0 aromatic carbocycles. The van der Waals surface area contributed by atoms with E-state index in [1.165, 1.54) is 24.9 Å². The molecule has 1 aliphatic carbocycles. The summed E-state index contributed by atoms with van der Waals surface area (Å²) in [5.41, 5.74) is 1.26.